The third-order valence-corrected chi connectivity index (χ3v) is 7.07. The molecule has 1 saturated carbocycles. The molecule has 0 radical (unpaired) electrons. The van der Waals surface area contributed by atoms with E-state index in [2.05, 4.69) is 36.9 Å². The maximum absolute atomic E-state index is 13.3. The third kappa shape index (κ3) is 10.3. The van der Waals surface area contributed by atoms with E-state index in [4.69, 9.17) is 11.5 Å². The number of benzene rings is 1. The van der Waals surface area contributed by atoms with Crippen molar-refractivity contribution in [2.24, 2.45) is 22.4 Å². The average Bonchev–Trinajstić information content (AvgIpc) is 2.91. The number of nitrogens with zero attached hydrogens (tertiary/aromatic N) is 1. The van der Waals surface area contributed by atoms with Gasteiger partial charge in [0.2, 0.25) is 5.91 Å². The second kappa shape index (κ2) is 16.4. The van der Waals surface area contributed by atoms with Crippen LogP contribution in [-0.2, 0) is 9.59 Å². The molecular weight excluding hydrogens is 563 g/mol. The van der Waals surface area contributed by atoms with Gasteiger partial charge in [0.05, 0.1) is 18.7 Å². The highest BCUT2D eigenvalue weighted by Crippen LogP contribution is 2.27. The van der Waals surface area contributed by atoms with Gasteiger partial charge in [-0.3, -0.25) is 24.7 Å². The zero-order valence-corrected chi connectivity index (χ0v) is 22.8. The van der Waals surface area contributed by atoms with Crippen LogP contribution in [0.25, 0.3) is 0 Å². The van der Waals surface area contributed by atoms with Gasteiger partial charge in [0.1, 0.15) is 18.9 Å². The number of hydrogen-bond donors (Lipinski definition) is 7. The van der Waals surface area contributed by atoms with E-state index in [1.165, 1.54) is 0 Å². The highest BCUT2D eigenvalue weighted by atomic mass is 79.9. The van der Waals surface area contributed by atoms with Crippen LogP contribution in [0.2, 0.25) is 0 Å². The van der Waals surface area contributed by atoms with E-state index >= 15 is 0 Å². The molecule has 1 fully saturated rings. The lowest BCUT2D eigenvalue weighted by molar-refractivity contribution is -0.127. The van der Waals surface area contributed by atoms with Gasteiger partial charge in [-0.05, 0) is 55.9 Å². The van der Waals surface area contributed by atoms with Crippen LogP contribution in [0.1, 0.15) is 55.3 Å². The van der Waals surface area contributed by atoms with Crippen molar-refractivity contribution in [3.8, 4) is 0 Å². The predicted octanol–water partition coefficient (Wildman–Crippen LogP) is 0.474. The number of aliphatic hydroxyl groups is 2. The minimum Gasteiger partial charge on any atom is -0.394 e. The predicted molar refractivity (Wildman–Crippen MR) is 145 cm³/mol. The Morgan fingerprint density at radius 3 is 2.34 bits per heavy atom. The summed E-state index contributed by atoms with van der Waals surface area (Å²) in [5.41, 5.74) is 10.9. The van der Waals surface area contributed by atoms with E-state index in [1.807, 2.05) is 0 Å². The fourth-order valence-electron chi connectivity index (χ4n) is 4.44. The topological polar surface area (TPSA) is 192 Å². The Balaban J connectivity index is 2.10. The molecule has 0 aromatic heterocycles. The number of aliphatic imine (C=N–C) groups is 1. The quantitative estimate of drug-likeness (QED) is 0.0653. The van der Waals surface area contributed by atoms with E-state index in [9.17, 15) is 29.0 Å². The molecule has 4 atom stereocenters. The van der Waals surface area contributed by atoms with Gasteiger partial charge in [0.25, 0.3) is 5.91 Å². The van der Waals surface area contributed by atoms with Gasteiger partial charge in [0, 0.05) is 16.6 Å². The summed E-state index contributed by atoms with van der Waals surface area (Å²) in [6, 6.07) is 3.52. The molecule has 0 aliphatic heterocycles. The lowest BCUT2D eigenvalue weighted by Gasteiger charge is -2.33. The monoisotopic (exact) mass is 600 g/mol. The molecule has 1 aliphatic rings. The number of alkyl halides is 1. The Hall–Kier alpha value is -2.61. The number of rotatable bonds is 15. The SMILES string of the molecule is NC(N)=NCCC[C@H](NC(O)[C@H](CO)NC(=O)[C@@H](NC(=O)c1ccc(Br)cc1)C1CCCCC1)C(=O)CF. The highest BCUT2D eigenvalue weighted by molar-refractivity contribution is 9.10. The first kappa shape index (κ1) is 31.6. The van der Waals surface area contributed by atoms with Crippen LogP contribution < -0.4 is 27.4 Å². The number of nitrogens with one attached hydrogen (secondary N) is 3. The van der Waals surface area contributed by atoms with Crippen LogP contribution in [0.4, 0.5) is 4.39 Å². The molecule has 0 heterocycles. The van der Waals surface area contributed by atoms with Crippen LogP contribution in [-0.4, -0.2) is 77.9 Å². The van der Waals surface area contributed by atoms with E-state index in [0.29, 0.717) is 12.0 Å². The average molecular weight is 602 g/mol. The maximum atomic E-state index is 13.3. The maximum Gasteiger partial charge on any atom is 0.251 e. The number of halogens is 2. The number of ketones is 1. The lowest BCUT2D eigenvalue weighted by Crippen LogP contribution is -2.60. The number of Topliss-reactive ketones (excluding diaryl/α,β-unsaturated/α-hetero) is 1. The Labute approximate surface area is 230 Å². The van der Waals surface area contributed by atoms with Crippen molar-refractivity contribution in [2.75, 3.05) is 19.8 Å². The van der Waals surface area contributed by atoms with Crippen molar-refractivity contribution in [1.82, 2.24) is 16.0 Å². The molecule has 11 nitrogen and oxygen atoms in total. The van der Waals surface area contributed by atoms with Crippen molar-refractivity contribution in [3.05, 3.63) is 34.3 Å². The van der Waals surface area contributed by atoms with Crippen LogP contribution in [0.3, 0.4) is 0 Å². The molecule has 0 bridgehead atoms. The molecular formula is C25H38BrFN6O5. The molecule has 1 aromatic carbocycles. The number of guanidine groups is 1. The molecule has 38 heavy (non-hydrogen) atoms. The Morgan fingerprint density at radius 2 is 1.76 bits per heavy atom. The summed E-state index contributed by atoms with van der Waals surface area (Å²) in [6.45, 7) is -1.71. The molecule has 0 spiro atoms. The van der Waals surface area contributed by atoms with Gasteiger partial charge in [-0.1, -0.05) is 35.2 Å². The summed E-state index contributed by atoms with van der Waals surface area (Å²) in [6.07, 6.45) is 3.25. The van der Waals surface area contributed by atoms with Crippen molar-refractivity contribution in [1.29, 1.82) is 0 Å². The fourth-order valence-corrected chi connectivity index (χ4v) is 4.71. The summed E-state index contributed by atoms with van der Waals surface area (Å²) < 4.78 is 13.9. The standard InChI is InChI=1S/C25H38BrFN6O5/c26-17-10-8-16(9-11-17)22(36)33-21(15-5-2-1-3-6-15)24(38)32-19(14-34)23(37)31-18(20(35)13-27)7-4-12-30-25(28)29/h8-11,15,18-19,21,23,31,34,37H,1-7,12-14H2,(H,32,38)(H,33,36)(H4,28,29,30)/t18-,19-,21-,23?/m0/s1. The number of nitrogens with two attached hydrogens (primary N) is 2. The van der Waals surface area contributed by atoms with E-state index in [0.717, 1.165) is 36.6 Å². The van der Waals surface area contributed by atoms with Crippen LogP contribution >= 0.6 is 15.9 Å². The van der Waals surface area contributed by atoms with Gasteiger partial charge in [-0.15, -0.1) is 0 Å². The summed E-state index contributed by atoms with van der Waals surface area (Å²) in [5, 5.41) is 28.6. The van der Waals surface area contributed by atoms with E-state index < -0.39 is 55.2 Å². The molecule has 1 aliphatic carbocycles. The largest absolute Gasteiger partial charge is 0.394 e. The zero-order valence-electron chi connectivity index (χ0n) is 21.2. The van der Waals surface area contributed by atoms with Crippen molar-refractivity contribution >= 4 is 39.5 Å². The van der Waals surface area contributed by atoms with Crippen LogP contribution in [0, 0.1) is 5.92 Å². The van der Waals surface area contributed by atoms with Crippen LogP contribution in [0.15, 0.2) is 33.7 Å². The summed E-state index contributed by atoms with van der Waals surface area (Å²) in [4.78, 5) is 42.1. The molecule has 2 amide bonds. The zero-order chi connectivity index (χ0) is 28.1. The van der Waals surface area contributed by atoms with Gasteiger partial charge in [-0.25, -0.2) is 4.39 Å². The fraction of sp³-hybridized carbons (Fsp3) is 0.600. The minimum atomic E-state index is -1.57. The first-order valence-corrected chi connectivity index (χ1v) is 13.5. The van der Waals surface area contributed by atoms with Crippen molar-refractivity contribution in [2.45, 2.75) is 69.3 Å². The van der Waals surface area contributed by atoms with Gasteiger partial charge >= 0.3 is 0 Å². The molecule has 13 heteroatoms. The molecule has 1 unspecified atom stereocenters. The Morgan fingerprint density at radius 1 is 1.11 bits per heavy atom. The second-order valence-corrected chi connectivity index (χ2v) is 10.3. The molecule has 9 N–H and O–H groups in total. The van der Waals surface area contributed by atoms with Crippen molar-refractivity contribution in [3.63, 3.8) is 0 Å². The highest BCUT2D eigenvalue weighted by Gasteiger charge is 2.34. The summed E-state index contributed by atoms with van der Waals surface area (Å²) in [7, 11) is 0. The number of aliphatic hydroxyl groups excluding tert-OH is 2. The molecule has 0 saturated heterocycles. The van der Waals surface area contributed by atoms with Crippen LogP contribution in [0.5, 0.6) is 0 Å². The van der Waals surface area contributed by atoms with E-state index in [-0.39, 0.29) is 24.8 Å². The smallest absolute Gasteiger partial charge is 0.251 e. The molecule has 2 rings (SSSR count). The Bertz CT molecular complexity index is 941. The van der Waals surface area contributed by atoms with Gasteiger partial charge in [-0.2, -0.15) is 0 Å². The third-order valence-electron chi connectivity index (χ3n) is 6.54. The number of amides is 2. The first-order valence-electron chi connectivity index (χ1n) is 12.7. The van der Waals surface area contributed by atoms with Gasteiger partial charge in [0.15, 0.2) is 11.7 Å². The second-order valence-electron chi connectivity index (χ2n) is 9.37. The normalized spacial score (nSPS) is 17.1. The van der Waals surface area contributed by atoms with Crippen molar-refractivity contribution < 1.29 is 29.0 Å². The first-order chi connectivity index (χ1) is 18.2. The van der Waals surface area contributed by atoms with E-state index in [1.54, 1.807) is 24.3 Å². The number of carbonyl (C=O) groups excluding carboxylic acids is 3. The minimum absolute atomic E-state index is 0.117. The molecule has 1 aromatic rings. The number of hydrogen-bond acceptors (Lipinski definition) is 7. The summed E-state index contributed by atoms with van der Waals surface area (Å²) in [5.74, 6) is -2.02. The lowest BCUT2D eigenvalue weighted by atomic mass is 9.83. The molecule has 212 valence electrons. The number of carbonyl (C=O) groups is 3. The van der Waals surface area contributed by atoms with Gasteiger partial charge < -0.3 is 32.3 Å². The summed E-state index contributed by atoms with van der Waals surface area (Å²) >= 11 is 3.33. The Kier molecular flexibility index (Phi) is 13.6.